The maximum absolute atomic E-state index is 5.84. The first-order chi connectivity index (χ1) is 8.93. The minimum Gasteiger partial charge on any atom is -0.356 e. The van der Waals surface area contributed by atoms with Crippen molar-refractivity contribution in [1.29, 1.82) is 0 Å². The zero-order chi connectivity index (χ0) is 14.0. The highest BCUT2D eigenvalue weighted by Gasteiger charge is 2.29. The number of anilines is 1. The van der Waals surface area contributed by atoms with Crippen LogP contribution in [0.3, 0.4) is 0 Å². The van der Waals surface area contributed by atoms with Crippen molar-refractivity contribution in [2.45, 2.75) is 59.0 Å². The third-order valence-electron chi connectivity index (χ3n) is 4.51. The normalized spacial score (nSPS) is 19.4. The molecule has 3 nitrogen and oxygen atoms in total. The van der Waals surface area contributed by atoms with E-state index in [4.69, 9.17) is 10.7 Å². The molecule has 3 heteroatoms. The van der Waals surface area contributed by atoms with Crippen molar-refractivity contribution in [1.82, 2.24) is 4.98 Å². The lowest BCUT2D eigenvalue weighted by molar-refractivity contribution is 0.222. The first-order valence-electron chi connectivity index (χ1n) is 7.32. The molecule has 0 radical (unpaired) electrons. The molecule has 1 saturated carbocycles. The first-order valence-corrected chi connectivity index (χ1v) is 7.32. The van der Waals surface area contributed by atoms with E-state index >= 15 is 0 Å². The van der Waals surface area contributed by atoms with Gasteiger partial charge in [0.05, 0.1) is 0 Å². The van der Waals surface area contributed by atoms with Gasteiger partial charge in [-0.05, 0) is 44.1 Å². The van der Waals surface area contributed by atoms with E-state index in [1.165, 1.54) is 25.7 Å². The minimum atomic E-state index is 0.508. The maximum Gasteiger partial charge on any atom is 0.133 e. The van der Waals surface area contributed by atoms with Crippen molar-refractivity contribution in [2.75, 3.05) is 11.9 Å². The Hall–Kier alpha value is -1.09. The fourth-order valence-corrected chi connectivity index (χ4v) is 2.98. The molecule has 19 heavy (non-hydrogen) atoms. The molecule has 1 aliphatic rings. The summed E-state index contributed by atoms with van der Waals surface area (Å²) < 4.78 is 0. The molecule has 1 aromatic heterocycles. The molecule has 1 heterocycles. The molecule has 1 fully saturated rings. The summed E-state index contributed by atoms with van der Waals surface area (Å²) >= 11 is 0. The van der Waals surface area contributed by atoms with Gasteiger partial charge < -0.3 is 10.6 Å². The molecule has 0 amide bonds. The van der Waals surface area contributed by atoms with Crippen LogP contribution in [0, 0.1) is 12.3 Å². The van der Waals surface area contributed by atoms with E-state index in [9.17, 15) is 0 Å². The van der Waals surface area contributed by atoms with Gasteiger partial charge >= 0.3 is 0 Å². The summed E-state index contributed by atoms with van der Waals surface area (Å²) in [5.74, 6) is 1.08. The van der Waals surface area contributed by atoms with Gasteiger partial charge in [0.1, 0.15) is 5.82 Å². The van der Waals surface area contributed by atoms with E-state index in [-0.39, 0.29) is 0 Å². The molecule has 0 aromatic carbocycles. The molecule has 0 aliphatic heterocycles. The van der Waals surface area contributed by atoms with Gasteiger partial charge in [0.2, 0.25) is 0 Å². The van der Waals surface area contributed by atoms with E-state index in [1.54, 1.807) is 0 Å². The van der Waals surface area contributed by atoms with Crippen molar-refractivity contribution in [3.8, 4) is 0 Å². The van der Waals surface area contributed by atoms with Crippen molar-refractivity contribution >= 4 is 5.82 Å². The molecule has 0 saturated heterocycles. The largest absolute Gasteiger partial charge is 0.356 e. The Morgan fingerprint density at radius 2 is 1.95 bits per heavy atom. The number of nitrogens with zero attached hydrogens (tertiary/aromatic N) is 2. The second-order valence-electron chi connectivity index (χ2n) is 6.65. The van der Waals surface area contributed by atoms with Gasteiger partial charge in [-0.2, -0.15) is 0 Å². The van der Waals surface area contributed by atoms with Crippen LogP contribution in [0.4, 0.5) is 5.82 Å². The lowest BCUT2D eigenvalue weighted by Gasteiger charge is -2.39. The van der Waals surface area contributed by atoms with Crippen LogP contribution >= 0.6 is 0 Å². The van der Waals surface area contributed by atoms with E-state index < -0.39 is 0 Å². The van der Waals surface area contributed by atoms with E-state index in [0.29, 0.717) is 18.0 Å². The third kappa shape index (κ3) is 3.27. The zero-order valence-corrected chi connectivity index (χ0v) is 12.7. The van der Waals surface area contributed by atoms with Gasteiger partial charge in [-0.25, -0.2) is 4.98 Å². The molecule has 0 unspecified atom stereocenters. The Morgan fingerprint density at radius 1 is 1.32 bits per heavy atom. The van der Waals surface area contributed by atoms with Gasteiger partial charge in [-0.3, -0.25) is 0 Å². The molecule has 0 atom stereocenters. The van der Waals surface area contributed by atoms with Crippen molar-refractivity contribution in [2.24, 2.45) is 11.1 Å². The summed E-state index contributed by atoms with van der Waals surface area (Å²) in [5.41, 5.74) is 8.57. The lowest BCUT2D eigenvalue weighted by Crippen LogP contribution is -2.38. The zero-order valence-electron chi connectivity index (χ0n) is 12.7. The highest BCUT2D eigenvalue weighted by Crippen LogP contribution is 2.37. The topological polar surface area (TPSA) is 42.1 Å². The van der Waals surface area contributed by atoms with Crippen LogP contribution < -0.4 is 10.6 Å². The average Bonchev–Trinajstić information content (AvgIpc) is 2.38. The number of pyridine rings is 1. The predicted octanol–water partition coefficient (Wildman–Crippen LogP) is 3.25. The number of aryl methyl sites for hydroxylation is 1. The number of hydrogen-bond acceptors (Lipinski definition) is 3. The summed E-state index contributed by atoms with van der Waals surface area (Å²) in [4.78, 5) is 7.05. The average molecular weight is 261 g/mol. The number of hydrogen-bond donors (Lipinski definition) is 1. The summed E-state index contributed by atoms with van der Waals surface area (Å²) in [5, 5.41) is 0. The summed E-state index contributed by atoms with van der Waals surface area (Å²) in [6, 6.07) is 4.76. The highest BCUT2D eigenvalue weighted by molar-refractivity contribution is 5.48. The maximum atomic E-state index is 5.84. The fourth-order valence-electron chi connectivity index (χ4n) is 2.98. The van der Waals surface area contributed by atoms with E-state index in [1.807, 2.05) is 13.0 Å². The molecule has 2 N–H and O–H groups in total. The third-order valence-corrected chi connectivity index (χ3v) is 4.51. The smallest absolute Gasteiger partial charge is 0.133 e. The highest BCUT2D eigenvalue weighted by atomic mass is 15.2. The van der Waals surface area contributed by atoms with Crippen molar-refractivity contribution in [3.63, 3.8) is 0 Å². The Kier molecular flexibility index (Phi) is 4.14. The van der Waals surface area contributed by atoms with Crippen LogP contribution in [0.2, 0.25) is 0 Å². The van der Waals surface area contributed by atoms with Crippen LogP contribution in [0.5, 0.6) is 0 Å². The second kappa shape index (κ2) is 5.49. The minimum absolute atomic E-state index is 0.508. The molecule has 2 rings (SSSR count). The van der Waals surface area contributed by atoms with Crippen LogP contribution in [0.15, 0.2) is 12.1 Å². The van der Waals surface area contributed by atoms with Crippen LogP contribution in [-0.4, -0.2) is 18.1 Å². The lowest BCUT2D eigenvalue weighted by atomic mass is 9.75. The van der Waals surface area contributed by atoms with Crippen LogP contribution in [-0.2, 0) is 6.54 Å². The molecule has 0 bridgehead atoms. The standard InChI is InChI=1S/C16H27N3/c1-12-5-6-13(11-17)15(18-12)19(4)14-7-9-16(2,3)10-8-14/h5-6,14H,7-11,17H2,1-4H3. The van der Waals surface area contributed by atoms with Gasteiger partial charge in [-0.1, -0.05) is 19.9 Å². The first kappa shape index (κ1) is 14.3. The number of rotatable bonds is 3. The SMILES string of the molecule is Cc1ccc(CN)c(N(C)C2CCC(C)(C)CC2)n1. The van der Waals surface area contributed by atoms with Crippen molar-refractivity contribution < 1.29 is 0 Å². The molecule has 0 spiro atoms. The summed E-state index contributed by atoms with van der Waals surface area (Å²) in [7, 11) is 2.17. The van der Waals surface area contributed by atoms with E-state index in [0.717, 1.165) is 17.1 Å². The van der Waals surface area contributed by atoms with Gasteiger partial charge in [0.25, 0.3) is 0 Å². The molecule has 1 aliphatic carbocycles. The molecule has 106 valence electrons. The Morgan fingerprint density at radius 3 is 2.53 bits per heavy atom. The van der Waals surface area contributed by atoms with Gasteiger partial charge in [-0.15, -0.1) is 0 Å². The monoisotopic (exact) mass is 261 g/mol. The van der Waals surface area contributed by atoms with E-state index in [2.05, 4.69) is 31.9 Å². The van der Waals surface area contributed by atoms with Crippen LogP contribution in [0.1, 0.15) is 50.8 Å². The number of nitrogens with two attached hydrogens (primary N) is 1. The Bertz CT molecular complexity index is 430. The van der Waals surface area contributed by atoms with Crippen LogP contribution in [0.25, 0.3) is 0 Å². The molecular weight excluding hydrogens is 234 g/mol. The molecular formula is C16H27N3. The fraction of sp³-hybridized carbons (Fsp3) is 0.688. The van der Waals surface area contributed by atoms with Crippen molar-refractivity contribution in [3.05, 3.63) is 23.4 Å². The Balaban J connectivity index is 2.16. The predicted molar refractivity (Wildman–Crippen MR) is 81.3 cm³/mol. The quantitative estimate of drug-likeness (QED) is 0.908. The molecule has 1 aromatic rings. The summed E-state index contributed by atoms with van der Waals surface area (Å²) in [6.45, 7) is 7.35. The van der Waals surface area contributed by atoms with Gasteiger partial charge in [0.15, 0.2) is 0 Å². The Labute approximate surface area is 117 Å². The van der Waals surface area contributed by atoms with Gasteiger partial charge in [0, 0.05) is 30.9 Å². The number of aromatic nitrogens is 1. The summed E-state index contributed by atoms with van der Waals surface area (Å²) in [6.07, 6.45) is 5.10. The second-order valence-corrected chi connectivity index (χ2v) is 6.65.